The number of aryl methyl sites for hydroxylation is 1. The van der Waals surface area contributed by atoms with Gasteiger partial charge in [-0.1, -0.05) is 0 Å². The lowest BCUT2D eigenvalue weighted by Crippen LogP contribution is -2.35. The third kappa shape index (κ3) is 3.57. The van der Waals surface area contributed by atoms with E-state index in [4.69, 9.17) is 9.72 Å². The van der Waals surface area contributed by atoms with Crippen molar-refractivity contribution in [2.24, 2.45) is 0 Å². The maximum Gasteiger partial charge on any atom is 0.218 e. The number of nitrogens with zero attached hydrogens (tertiary/aromatic N) is 6. The van der Waals surface area contributed by atoms with Gasteiger partial charge >= 0.3 is 0 Å². The molecule has 0 amide bonds. The summed E-state index contributed by atoms with van der Waals surface area (Å²) in [7, 11) is 1.63. The van der Waals surface area contributed by atoms with Gasteiger partial charge in [-0.15, -0.1) is 0 Å². The Morgan fingerprint density at radius 1 is 0.962 bits per heavy atom. The second-order valence-electron chi connectivity index (χ2n) is 7.10. The van der Waals surface area contributed by atoms with Crippen LogP contribution < -0.4 is 14.5 Å². The minimum Gasteiger partial charge on any atom is -0.481 e. The van der Waals surface area contributed by atoms with Gasteiger partial charge in [0.15, 0.2) is 0 Å². The first-order valence-electron chi connectivity index (χ1n) is 9.44. The fourth-order valence-electron chi connectivity index (χ4n) is 3.93. The van der Waals surface area contributed by atoms with Crippen LogP contribution in [-0.2, 0) is 0 Å². The van der Waals surface area contributed by atoms with Crippen LogP contribution in [0.4, 0.5) is 11.6 Å². The third-order valence-electron chi connectivity index (χ3n) is 5.27. The van der Waals surface area contributed by atoms with Crippen LogP contribution in [0.15, 0.2) is 18.5 Å². The average molecular weight is 354 g/mol. The second-order valence-corrected chi connectivity index (χ2v) is 7.10. The fraction of sp³-hybridized carbons (Fsp3) is 0.579. The molecule has 0 N–H and O–H groups in total. The molecule has 0 unspecified atom stereocenters. The number of rotatable bonds is 4. The lowest BCUT2D eigenvalue weighted by atomic mass is 9.94. The predicted molar refractivity (Wildman–Crippen MR) is 101 cm³/mol. The normalized spacial score (nSPS) is 20.5. The van der Waals surface area contributed by atoms with Gasteiger partial charge in [0, 0.05) is 44.2 Å². The van der Waals surface area contributed by atoms with Gasteiger partial charge in [-0.2, -0.15) is 0 Å². The largest absolute Gasteiger partial charge is 0.481 e. The van der Waals surface area contributed by atoms with Crippen molar-refractivity contribution in [3.63, 3.8) is 0 Å². The number of aromatic nitrogens is 4. The summed E-state index contributed by atoms with van der Waals surface area (Å²) in [6.45, 7) is 6.12. The van der Waals surface area contributed by atoms with Crippen molar-refractivity contribution in [2.75, 3.05) is 43.1 Å². The van der Waals surface area contributed by atoms with Gasteiger partial charge in [0.1, 0.15) is 23.8 Å². The van der Waals surface area contributed by atoms with Crippen molar-refractivity contribution >= 4 is 11.6 Å². The van der Waals surface area contributed by atoms with E-state index in [1.807, 2.05) is 13.0 Å². The molecule has 4 rings (SSSR count). The zero-order valence-corrected chi connectivity index (χ0v) is 15.6. The number of hydrogen-bond donors (Lipinski definition) is 0. The number of ether oxygens (including phenoxy) is 1. The summed E-state index contributed by atoms with van der Waals surface area (Å²) in [6, 6.07) is 4.11. The van der Waals surface area contributed by atoms with Crippen LogP contribution in [0.1, 0.15) is 43.1 Å². The minimum atomic E-state index is 0.396. The molecule has 0 aliphatic carbocycles. The van der Waals surface area contributed by atoms with Crippen LogP contribution in [0.5, 0.6) is 5.88 Å². The zero-order chi connectivity index (χ0) is 17.9. The third-order valence-corrected chi connectivity index (χ3v) is 5.27. The highest BCUT2D eigenvalue weighted by Gasteiger charge is 2.25. The maximum atomic E-state index is 5.24. The molecule has 0 aromatic carbocycles. The van der Waals surface area contributed by atoms with Crippen LogP contribution in [0, 0.1) is 6.92 Å². The van der Waals surface area contributed by atoms with Gasteiger partial charge in [0.25, 0.3) is 0 Å². The van der Waals surface area contributed by atoms with Crippen molar-refractivity contribution in [3.05, 3.63) is 30.0 Å². The van der Waals surface area contributed by atoms with Gasteiger partial charge in [0.05, 0.1) is 12.8 Å². The zero-order valence-electron chi connectivity index (χ0n) is 15.6. The number of methoxy groups -OCH3 is 1. The SMILES string of the molecule is COc1cc(N2CCC[C@H](c3cc(N4CCCC4)nc(C)n3)C2)ncn1. The van der Waals surface area contributed by atoms with E-state index >= 15 is 0 Å². The molecule has 2 aliphatic heterocycles. The fourth-order valence-corrected chi connectivity index (χ4v) is 3.93. The Bertz CT molecular complexity index is 761. The highest BCUT2D eigenvalue weighted by atomic mass is 16.5. The quantitative estimate of drug-likeness (QED) is 0.836. The van der Waals surface area contributed by atoms with Crippen molar-refractivity contribution in [1.82, 2.24) is 19.9 Å². The maximum absolute atomic E-state index is 5.24. The molecule has 2 aromatic heterocycles. The summed E-state index contributed by atoms with van der Waals surface area (Å²) in [5, 5.41) is 0. The molecule has 2 aliphatic rings. The van der Waals surface area contributed by atoms with Gasteiger partial charge in [-0.05, 0) is 32.6 Å². The molecule has 0 spiro atoms. The summed E-state index contributed by atoms with van der Waals surface area (Å²) in [5.74, 6) is 3.88. The lowest BCUT2D eigenvalue weighted by Gasteiger charge is -2.33. The second kappa shape index (κ2) is 7.43. The molecular weight excluding hydrogens is 328 g/mol. The van der Waals surface area contributed by atoms with Gasteiger partial charge in [0.2, 0.25) is 5.88 Å². The molecule has 0 saturated carbocycles. The summed E-state index contributed by atoms with van der Waals surface area (Å²) in [4.78, 5) is 22.7. The monoisotopic (exact) mass is 354 g/mol. The standard InChI is InChI=1S/C19H26N6O/c1-14-22-16(10-18(23-14)24-7-3-4-8-24)15-6-5-9-25(12-15)17-11-19(26-2)21-13-20-17/h10-11,13,15H,3-9,12H2,1-2H3/t15-/m0/s1. The Balaban J connectivity index is 1.55. The van der Waals surface area contributed by atoms with E-state index in [9.17, 15) is 0 Å². The molecule has 1 atom stereocenters. The lowest BCUT2D eigenvalue weighted by molar-refractivity contribution is 0.396. The molecule has 0 bridgehead atoms. The van der Waals surface area contributed by atoms with E-state index in [-0.39, 0.29) is 0 Å². The van der Waals surface area contributed by atoms with Gasteiger partial charge in [-0.25, -0.2) is 19.9 Å². The Morgan fingerprint density at radius 3 is 2.58 bits per heavy atom. The molecule has 0 radical (unpaired) electrons. The van der Waals surface area contributed by atoms with E-state index in [0.29, 0.717) is 11.8 Å². The van der Waals surface area contributed by atoms with Crippen LogP contribution in [-0.4, -0.2) is 53.2 Å². The highest BCUT2D eigenvalue weighted by molar-refractivity contribution is 5.44. The Labute approximate surface area is 154 Å². The summed E-state index contributed by atoms with van der Waals surface area (Å²) < 4.78 is 5.24. The average Bonchev–Trinajstić information content (AvgIpc) is 3.23. The molecule has 7 nitrogen and oxygen atoms in total. The topological polar surface area (TPSA) is 67.3 Å². The molecule has 7 heteroatoms. The van der Waals surface area contributed by atoms with Crippen molar-refractivity contribution in [3.8, 4) is 5.88 Å². The molecule has 2 fully saturated rings. The Morgan fingerprint density at radius 2 is 1.77 bits per heavy atom. The van der Waals surface area contributed by atoms with Crippen molar-refractivity contribution in [2.45, 2.75) is 38.5 Å². The van der Waals surface area contributed by atoms with Crippen LogP contribution in [0.2, 0.25) is 0 Å². The number of hydrogen-bond acceptors (Lipinski definition) is 7. The molecular formula is C19H26N6O. The molecule has 4 heterocycles. The first-order valence-corrected chi connectivity index (χ1v) is 9.44. The summed E-state index contributed by atoms with van der Waals surface area (Å²) in [5.41, 5.74) is 1.16. The summed E-state index contributed by atoms with van der Waals surface area (Å²) in [6.07, 6.45) is 6.35. The van der Waals surface area contributed by atoms with E-state index < -0.39 is 0 Å². The van der Waals surface area contributed by atoms with Crippen LogP contribution >= 0.6 is 0 Å². The molecule has 2 aromatic rings. The molecule has 2 saturated heterocycles. The number of piperidine rings is 1. The molecule has 26 heavy (non-hydrogen) atoms. The Hall–Kier alpha value is -2.44. The Kier molecular flexibility index (Phi) is 4.86. The van der Waals surface area contributed by atoms with Gasteiger partial charge in [-0.3, -0.25) is 0 Å². The van der Waals surface area contributed by atoms with E-state index in [1.165, 1.54) is 12.8 Å². The van der Waals surface area contributed by atoms with Crippen molar-refractivity contribution < 1.29 is 4.74 Å². The molecule has 138 valence electrons. The van der Waals surface area contributed by atoms with E-state index in [0.717, 1.165) is 62.2 Å². The predicted octanol–water partition coefficient (Wildman–Crippen LogP) is 2.57. The van der Waals surface area contributed by atoms with Gasteiger partial charge < -0.3 is 14.5 Å². The van der Waals surface area contributed by atoms with Crippen LogP contribution in [0.25, 0.3) is 0 Å². The van der Waals surface area contributed by atoms with E-state index in [2.05, 4.69) is 30.8 Å². The number of anilines is 2. The summed E-state index contributed by atoms with van der Waals surface area (Å²) >= 11 is 0. The first kappa shape index (κ1) is 17.0. The minimum absolute atomic E-state index is 0.396. The van der Waals surface area contributed by atoms with E-state index in [1.54, 1.807) is 13.4 Å². The first-order chi connectivity index (χ1) is 12.7. The smallest absolute Gasteiger partial charge is 0.218 e. The van der Waals surface area contributed by atoms with Crippen LogP contribution in [0.3, 0.4) is 0 Å². The highest BCUT2D eigenvalue weighted by Crippen LogP contribution is 2.31. The van der Waals surface area contributed by atoms with Crippen molar-refractivity contribution in [1.29, 1.82) is 0 Å².